The maximum atomic E-state index is 10.3. The Hall–Kier alpha value is 0.430. The van der Waals surface area contributed by atoms with E-state index in [0.717, 1.165) is 0 Å². The summed E-state index contributed by atoms with van der Waals surface area (Å²) in [6.45, 7) is 0.672. The van der Waals surface area contributed by atoms with Crippen molar-refractivity contribution in [2.45, 2.75) is 3.23 Å². The monoisotopic (exact) mass is 227 g/mol. The molecule has 0 unspecified atom stereocenters. The van der Waals surface area contributed by atoms with Crippen molar-refractivity contribution in [1.29, 1.82) is 0 Å². The molecule has 1 heterocycles. The molecule has 0 bridgehead atoms. The van der Waals surface area contributed by atoms with Crippen LogP contribution < -0.4 is 5.32 Å². The van der Waals surface area contributed by atoms with E-state index >= 15 is 0 Å². The van der Waals surface area contributed by atoms with Crippen LogP contribution in [0, 0.1) is 0 Å². The lowest BCUT2D eigenvalue weighted by Gasteiger charge is -2.29. The number of carbonyl (C=O) groups excluding carboxylic acids is 1. The SMILES string of the molecule is O=C1NCC1(Br)Br. The van der Waals surface area contributed by atoms with Gasteiger partial charge in [-0.15, -0.1) is 0 Å². The summed E-state index contributed by atoms with van der Waals surface area (Å²) in [5.74, 6) is 0.00694. The molecule has 1 aliphatic rings. The van der Waals surface area contributed by atoms with Gasteiger partial charge in [0.1, 0.15) is 0 Å². The second-order valence-corrected chi connectivity index (χ2v) is 5.16. The number of carbonyl (C=O) groups is 1. The van der Waals surface area contributed by atoms with Gasteiger partial charge in [-0.2, -0.15) is 0 Å². The van der Waals surface area contributed by atoms with Gasteiger partial charge in [-0.3, -0.25) is 4.79 Å². The topological polar surface area (TPSA) is 29.1 Å². The van der Waals surface area contributed by atoms with Crippen LogP contribution in [0.25, 0.3) is 0 Å². The lowest BCUT2D eigenvalue weighted by atomic mass is 10.3. The number of halogens is 2. The number of rotatable bonds is 0. The van der Waals surface area contributed by atoms with Crippen LogP contribution in [0.4, 0.5) is 0 Å². The molecule has 1 N–H and O–H groups in total. The first-order valence-corrected chi connectivity index (χ1v) is 3.38. The van der Waals surface area contributed by atoms with Crippen LogP contribution in [-0.4, -0.2) is 15.7 Å². The van der Waals surface area contributed by atoms with Gasteiger partial charge in [-0.1, -0.05) is 31.9 Å². The van der Waals surface area contributed by atoms with Crippen LogP contribution in [0.5, 0.6) is 0 Å². The summed E-state index contributed by atoms with van der Waals surface area (Å²) >= 11 is 6.27. The highest BCUT2D eigenvalue weighted by atomic mass is 79.9. The summed E-state index contributed by atoms with van der Waals surface area (Å²) in [7, 11) is 0. The van der Waals surface area contributed by atoms with Gasteiger partial charge in [0.05, 0.1) is 6.54 Å². The van der Waals surface area contributed by atoms with Crippen LogP contribution in [0.1, 0.15) is 0 Å². The molecule has 4 heteroatoms. The predicted octanol–water partition coefficient (Wildman–Crippen LogP) is 0.602. The van der Waals surface area contributed by atoms with Crippen molar-refractivity contribution >= 4 is 37.8 Å². The molecular weight excluding hydrogens is 226 g/mol. The van der Waals surface area contributed by atoms with E-state index in [1.165, 1.54) is 0 Å². The summed E-state index contributed by atoms with van der Waals surface area (Å²) in [6.07, 6.45) is 0. The third-order valence-corrected chi connectivity index (χ3v) is 2.08. The van der Waals surface area contributed by atoms with Crippen molar-refractivity contribution < 1.29 is 4.79 Å². The Balaban J connectivity index is 2.59. The fourth-order valence-corrected chi connectivity index (χ4v) is 0.855. The molecule has 0 spiro atoms. The first kappa shape index (κ1) is 5.56. The molecule has 0 aromatic heterocycles. The number of alkyl halides is 2. The van der Waals surface area contributed by atoms with Crippen LogP contribution in [0.15, 0.2) is 0 Å². The van der Waals surface area contributed by atoms with Crippen LogP contribution in [0.3, 0.4) is 0 Å². The zero-order chi connectivity index (χ0) is 5.49. The van der Waals surface area contributed by atoms with E-state index in [9.17, 15) is 4.79 Å². The normalized spacial score (nSPS) is 25.7. The van der Waals surface area contributed by atoms with E-state index in [1.807, 2.05) is 0 Å². The van der Waals surface area contributed by atoms with Crippen LogP contribution in [0.2, 0.25) is 0 Å². The highest BCUT2D eigenvalue weighted by Gasteiger charge is 2.40. The van der Waals surface area contributed by atoms with Crippen molar-refractivity contribution in [3.8, 4) is 0 Å². The molecule has 2 nitrogen and oxygen atoms in total. The molecule has 0 saturated carbocycles. The first-order valence-electron chi connectivity index (χ1n) is 1.79. The molecule has 1 fully saturated rings. The molecule has 0 aromatic rings. The number of amides is 1. The van der Waals surface area contributed by atoms with Crippen LogP contribution in [-0.2, 0) is 4.79 Å². The van der Waals surface area contributed by atoms with Gasteiger partial charge in [0.15, 0.2) is 3.23 Å². The second kappa shape index (κ2) is 1.45. The van der Waals surface area contributed by atoms with Crippen molar-refractivity contribution in [2.75, 3.05) is 6.54 Å². The third-order valence-electron chi connectivity index (χ3n) is 0.803. The third kappa shape index (κ3) is 0.817. The molecule has 0 radical (unpaired) electrons. The highest BCUT2D eigenvalue weighted by Crippen LogP contribution is 2.30. The van der Waals surface area contributed by atoms with E-state index in [-0.39, 0.29) is 5.91 Å². The molecule has 0 atom stereocenters. The Morgan fingerprint density at radius 3 is 2.14 bits per heavy atom. The average Bonchev–Trinajstić information content (AvgIpc) is 1.63. The minimum atomic E-state index is -0.444. The largest absolute Gasteiger partial charge is 0.351 e. The molecule has 40 valence electrons. The van der Waals surface area contributed by atoms with Gasteiger partial charge in [0.2, 0.25) is 5.91 Å². The van der Waals surface area contributed by atoms with Crippen molar-refractivity contribution in [3.05, 3.63) is 0 Å². The Morgan fingerprint density at radius 2 is 2.14 bits per heavy atom. The summed E-state index contributed by atoms with van der Waals surface area (Å²) in [4.78, 5) is 10.3. The van der Waals surface area contributed by atoms with E-state index in [2.05, 4.69) is 37.2 Å². The van der Waals surface area contributed by atoms with Gasteiger partial charge in [0.25, 0.3) is 0 Å². The quantitative estimate of drug-likeness (QED) is 0.478. The van der Waals surface area contributed by atoms with E-state index in [4.69, 9.17) is 0 Å². The lowest BCUT2D eigenvalue weighted by molar-refractivity contribution is -0.125. The minimum Gasteiger partial charge on any atom is -0.351 e. The maximum Gasteiger partial charge on any atom is 0.249 e. The predicted molar refractivity (Wildman–Crippen MR) is 33.6 cm³/mol. The molecule has 1 aliphatic heterocycles. The zero-order valence-electron chi connectivity index (χ0n) is 3.37. The molecule has 0 aliphatic carbocycles. The second-order valence-electron chi connectivity index (χ2n) is 1.39. The number of nitrogens with one attached hydrogen (secondary N) is 1. The van der Waals surface area contributed by atoms with Gasteiger partial charge >= 0.3 is 0 Å². The van der Waals surface area contributed by atoms with Gasteiger partial charge in [0, 0.05) is 0 Å². The van der Waals surface area contributed by atoms with Crippen LogP contribution >= 0.6 is 31.9 Å². The number of hydrogen-bond donors (Lipinski definition) is 1. The molecule has 1 saturated heterocycles. The van der Waals surface area contributed by atoms with Crippen molar-refractivity contribution in [3.63, 3.8) is 0 Å². The van der Waals surface area contributed by atoms with E-state index in [0.29, 0.717) is 6.54 Å². The summed E-state index contributed by atoms with van der Waals surface area (Å²) in [5, 5.41) is 2.57. The van der Waals surface area contributed by atoms with Crippen molar-refractivity contribution in [1.82, 2.24) is 5.32 Å². The minimum absolute atomic E-state index is 0.00694. The lowest BCUT2D eigenvalue weighted by Crippen LogP contribution is -2.56. The Morgan fingerprint density at radius 1 is 1.71 bits per heavy atom. The molecule has 1 amide bonds. The van der Waals surface area contributed by atoms with Gasteiger partial charge in [-0.25, -0.2) is 0 Å². The highest BCUT2D eigenvalue weighted by molar-refractivity contribution is 9.26. The Bertz CT molecular complexity index is 112. The number of hydrogen-bond acceptors (Lipinski definition) is 1. The first-order chi connectivity index (χ1) is 3.13. The fourth-order valence-electron chi connectivity index (χ4n) is 0.294. The molecule has 0 aromatic carbocycles. The standard InChI is InChI=1S/C3H3Br2NO/c4-3(5)1-6-2(3)7/h1H2,(H,6,7). The summed E-state index contributed by atoms with van der Waals surface area (Å²) in [5.41, 5.74) is 0. The maximum absolute atomic E-state index is 10.3. The van der Waals surface area contributed by atoms with E-state index < -0.39 is 3.23 Å². The molecule has 7 heavy (non-hydrogen) atoms. The molecular formula is C3H3Br2NO. The molecule has 1 rings (SSSR count). The smallest absolute Gasteiger partial charge is 0.249 e. The van der Waals surface area contributed by atoms with Gasteiger partial charge < -0.3 is 5.32 Å². The zero-order valence-corrected chi connectivity index (χ0v) is 6.54. The average molecular weight is 229 g/mol. The van der Waals surface area contributed by atoms with Gasteiger partial charge in [-0.05, 0) is 0 Å². The fraction of sp³-hybridized carbons (Fsp3) is 0.667. The Labute approximate surface area is 57.9 Å². The summed E-state index contributed by atoms with van der Waals surface area (Å²) in [6, 6.07) is 0. The summed E-state index contributed by atoms with van der Waals surface area (Å²) < 4.78 is -0.444. The van der Waals surface area contributed by atoms with Crippen molar-refractivity contribution in [2.24, 2.45) is 0 Å². The number of β-lactam (4-membered cyclic amide) rings is 1. The Kier molecular flexibility index (Phi) is 1.15. The van der Waals surface area contributed by atoms with E-state index in [1.54, 1.807) is 0 Å².